The smallest absolute Gasteiger partial charge is 0.226 e. The lowest BCUT2D eigenvalue weighted by molar-refractivity contribution is 0.321. The SMILES string of the molecule is Cc1[nH]c2c(F)cc(F)cc2c1CCNc1nc(Cl)nc2c1OCCN2. The van der Waals surface area contributed by atoms with Crippen molar-refractivity contribution in [3.63, 3.8) is 0 Å². The molecule has 26 heavy (non-hydrogen) atoms. The molecule has 0 atom stereocenters. The van der Waals surface area contributed by atoms with Crippen LogP contribution in [0.3, 0.4) is 0 Å². The fourth-order valence-electron chi connectivity index (χ4n) is 3.15. The second kappa shape index (κ2) is 6.60. The minimum atomic E-state index is -0.599. The molecule has 1 aromatic carbocycles. The third kappa shape index (κ3) is 3.01. The number of aromatic amines is 1. The number of fused-ring (bicyclic) bond motifs is 2. The predicted octanol–water partition coefficient (Wildman–Crippen LogP) is 3.66. The number of rotatable bonds is 4. The molecule has 2 aromatic heterocycles. The Morgan fingerprint density at radius 1 is 1.31 bits per heavy atom. The van der Waals surface area contributed by atoms with E-state index >= 15 is 0 Å². The topological polar surface area (TPSA) is 74.9 Å². The van der Waals surface area contributed by atoms with E-state index in [0.717, 1.165) is 17.3 Å². The summed E-state index contributed by atoms with van der Waals surface area (Å²) in [5.41, 5.74) is 1.96. The molecular formula is C17H16ClF2N5O. The average molecular weight is 380 g/mol. The highest BCUT2D eigenvalue weighted by Gasteiger charge is 2.19. The Bertz CT molecular complexity index is 991. The summed E-state index contributed by atoms with van der Waals surface area (Å²) in [5, 5.41) is 6.93. The molecule has 0 saturated heterocycles. The number of nitrogens with one attached hydrogen (secondary N) is 3. The van der Waals surface area contributed by atoms with Crippen molar-refractivity contribution < 1.29 is 13.5 Å². The zero-order chi connectivity index (χ0) is 18.3. The molecule has 0 saturated carbocycles. The van der Waals surface area contributed by atoms with E-state index in [1.54, 1.807) is 0 Å². The van der Waals surface area contributed by atoms with E-state index < -0.39 is 11.6 Å². The quantitative estimate of drug-likeness (QED) is 0.603. The van der Waals surface area contributed by atoms with E-state index in [1.807, 2.05) is 6.92 Å². The number of nitrogens with zero attached hydrogens (tertiary/aromatic N) is 2. The van der Waals surface area contributed by atoms with E-state index in [1.165, 1.54) is 6.07 Å². The van der Waals surface area contributed by atoms with Crippen LogP contribution in [0.5, 0.6) is 5.75 Å². The predicted molar refractivity (Wildman–Crippen MR) is 96.2 cm³/mol. The molecule has 3 N–H and O–H groups in total. The van der Waals surface area contributed by atoms with Crippen molar-refractivity contribution in [3.8, 4) is 5.75 Å². The summed E-state index contributed by atoms with van der Waals surface area (Å²) in [6, 6.07) is 2.22. The van der Waals surface area contributed by atoms with Crippen molar-refractivity contribution in [3.05, 3.63) is 40.3 Å². The van der Waals surface area contributed by atoms with Gasteiger partial charge in [-0.2, -0.15) is 9.97 Å². The first-order valence-electron chi connectivity index (χ1n) is 8.17. The molecule has 1 aliphatic heterocycles. The molecule has 0 fully saturated rings. The van der Waals surface area contributed by atoms with Crippen molar-refractivity contribution in [2.24, 2.45) is 0 Å². The second-order valence-corrected chi connectivity index (χ2v) is 6.35. The molecule has 1 aliphatic rings. The van der Waals surface area contributed by atoms with Gasteiger partial charge in [0.15, 0.2) is 11.6 Å². The van der Waals surface area contributed by atoms with Gasteiger partial charge in [-0.1, -0.05) is 0 Å². The van der Waals surface area contributed by atoms with Crippen LogP contribution in [-0.2, 0) is 6.42 Å². The van der Waals surface area contributed by atoms with Gasteiger partial charge in [0.25, 0.3) is 0 Å². The Morgan fingerprint density at radius 2 is 2.15 bits per heavy atom. The van der Waals surface area contributed by atoms with Gasteiger partial charge in [-0.15, -0.1) is 0 Å². The van der Waals surface area contributed by atoms with E-state index in [2.05, 4.69) is 25.6 Å². The van der Waals surface area contributed by atoms with Crippen LogP contribution in [-0.4, -0.2) is 34.6 Å². The molecule has 0 spiro atoms. The number of ether oxygens (including phenoxy) is 1. The van der Waals surface area contributed by atoms with Crippen LogP contribution in [0.2, 0.25) is 5.28 Å². The largest absolute Gasteiger partial charge is 0.485 e. The third-order valence-electron chi connectivity index (χ3n) is 4.29. The first-order chi connectivity index (χ1) is 12.5. The van der Waals surface area contributed by atoms with Crippen molar-refractivity contribution >= 4 is 34.1 Å². The summed E-state index contributed by atoms with van der Waals surface area (Å²) in [4.78, 5) is 11.2. The summed E-state index contributed by atoms with van der Waals surface area (Å²) in [5.74, 6) is 0.361. The van der Waals surface area contributed by atoms with Gasteiger partial charge < -0.3 is 20.4 Å². The summed E-state index contributed by atoms with van der Waals surface area (Å²) in [6.45, 7) is 3.47. The molecule has 3 heterocycles. The first kappa shape index (κ1) is 16.8. The van der Waals surface area contributed by atoms with Crippen LogP contribution in [0.1, 0.15) is 11.3 Å². The number of hydrogen-bond donors (Lipinski definition) is 3. The molecule has 0 aliphatic carbocycles. The number of hydrogen-bond acceptors (Lipinski definition) is 5. The minimum absolute atomic E-state index is 0.108. The summed E-state index contributed by atoms with van der Waals surface area (Å²) < 4.78 is 33.1. The first-order valence-corrected chi connectivity index (χ1v) is 8.55. The highest BCUT2D eigenvalue weighted by Crippen LogP contribution is 2.33. The molecule has 3 aromatic rings. The minimum Gasteiger partial charge on any atom is -0.485 e. The average Bonchev–Trinajstić information content (AvgIpc) is 2.91. The highest BCUT2D eigenvalue weighted by molar-refractivity contribution is 6.28. The number of aryl methyl sites for hydroxylation is 1. The van der Waals surface area contributed by atoms with Gasteiger partial charge >= 0.3 is 0 Å². The van der Waals surface area contributed by atoms with E-state index in [9.17, 15) is 8.78 Å². The molecular weight excluding hydrogens is 364 g/mol. The fraction of sp³-hybridized carbons (Fsp3) is 0.294. The van der Waals surface area contributed by atoms with Gasteiger partial charge in [0.2, 0.25) is 11.0 Å². The summed E-state index contributed by atoms with van der Waals surface area (Å²) in [6.07, 6.45) is 0.540. The van der Waals surface area contributed by atoms with E-state index in [4.69, 9.17) is 16.3 Å². The Labute approximate surface area is 152 Å². The van der Waals surface area contributed by atoms with Gasteiger partial charge in [0.05, 0.1) is 12.1 Å². The number of halogens is 3. The maximum Gasteiger partial charge on any atom is 0.226 e. The van der Waals surface area contributed by atoms with Crippen LogP contribution >= 0.6 is 11.6 Å². The number of anilines is 2. The van der Waals surface area contributed by atoms with Crippen LogP contribution in [0.25, 0.3) is 10.9 Å². The van der Waals surface area contributed by atoms with E-state index in [0.29, 0.717) is 54.4 Å². The van der Waals surface area contributed by atoms with Gasteiger partial charge in [-0.05, 0) is 36.6 Å². The zero-order valence-electron chi connectivity index (χ0n) is 13.9. The molecule has 0 unspecified atom stereocenters. The lowest BCUT2D eigenvalue weighted by Crippen LogP contribution is -2.21. The van der Waals surface area contributed by atoms with Crippen LogP contribution in [0, 0.1) is 18.6 Å². The highest BCUT2D eigenvalue weighted by atomic mass is 35.5. The maximum absolute atomic E-state index is 13.9. The number of benzene rings is 1. The van der Waals surface area contributed by atoms with Gasteiger partial charge in [-0.25, -0.2) is 8.78 Å². The monoisotopic (exact) mass is 379 g/mol. The van der Waals surface area contributed by atoms with Crippen molar-refractivity contribution in [1.29, 1.82) is 0 Å². The maximum atomic E-state index is 13.9. The fourth-order valence-corrected chi connectivity index (χ4v) is 3.32. The standard InChI is InChI=1S/C17H16ClF2N5O/c1-8-10(11-6-9(19)7-12(20)13(11)23-8)2-3-21-15-14-16(22-4-5-26-14)25-17(18)24-15/h6-7,23H,2-5H2,1H3,(H2,21,22,24,25). The van der Waals surface area contributed by atoms with Crippen molar-refractivity contribution in [1.82, 2.24) is 15.0 Å². The normalized spacial score (nSPS) is 13.2. The van der Waals surface area contributed by atoms with Crippen molar-refractivity contribution in [2.45, 2.75) is 13.3 Å². The molecule has 0 radical (unpaired) electrons. The Kier molecular flexibility index (Phi) is 4.28. The Balaban J connectivity index is 1.57. The van der Waals surface area contributed by atoms with Crippen LogP contribution < -0.4 is 15.4 Å². The van der Waals surface area contributed by atoms with Gasteiger partial charge in [0, 0.05) is 23.7 Å². The number of H-pyrrole nitrogens is 1. The van der Waals surface area contributed by atoms with Gasteiger partial charge in [-0.3, -0.25) is 0 Å². The Hall–Kier alpha value is -2.61. The van der Waals surface area contributed by atoms with Crippen LogP contribution in [0.15, 0.2) is 12.1 Å². The summed E-state index contributed by atoms with van der Waals surface area (Å²) in [7, 11) is 0. The van der Waals surface area contributed by atoms with Crippen molar-refractivity contribution in [2.75, 3.05) is 30.3 Å². The molecule has 0 bridgehead atoms. The summed E-state index contributed by atoms with van der Waals surface area (Å²) >= 11 is 5.95. The lowest BCUT2D eigenvalue weighted by Gasteiger charge is -2.20. The molecule has 6 nitrogen and oxygen atoms in total. The Morgan fingerprint density at radius 3 is 3.00 bits per heavy atom. The molecule has 136 valence electrons. The molecule has 9 heteroatoms. The molecule has 0 amide bonds. The second-order valence-electron chi connectivity index (χ2n) is 6.01. The van der Waals surface area contributed by atoms with E-state index in [-0.39, 0.29) is 5.28 Å². The molecule has 4 rings (SSSR count). The third-order valence-corrected chi connectivity index (χ3v) is 4.46. The zero-order valence-corrected chi connectivity index (χ0v) is 14.7. The van der Waals surface area contributed by atoms with Gasteiger partial charge in [0.1, 0.15) is 18.2 Å². The van der Waals surface area contributed by atoms with Crippen LogP contribution in [0.4, 0.5) is 20.4 Å². The lowest BCUT2D eigenvalue weighted by atomic mass is 10.1. The number of aromatic nitrogens is 3.